The Kier molecular flexibility index (Phi) is 4.95. The molecule has 18 heavy (non-hydrogen) atoms. The van der Waals surface area contributed by atoms with E-state index in [9.17, 15) is 0 Å². The summed E-state index contributed by atoms with van der Waals surface area (Å²) in [5.41, 5.74) is 0. The highest BCUT2D eigenvalue weighted by molar-refractivity contribution is 9.11. The van der Waals surface area contributed by atoms with E-state index in [-0.39, 0.29) is 0 Å². The second-order valence-electron chi connectivity index (χ2n) is 3.75. The van der Waals surface area contributed by atoms with Crippen LogP contribution >= 0.6 is 27.3 Å². The van der Waals surface area contributed by atoms with E-state index in [1.54, 1.807) is 17.5 Å². The van der Waals surface area contributed by atoms with Crippen LogP contribution in [0.2, 0.25) is 0 Å². The van der Waals surface area contributed by atoms with Crippen LogP contribution in [0.15, 0.2) is 28.2 Å². The molecule has 0 spiro atoms. The molecule has 2 aromatic heterocycles. The van der Waals surface area contributed by atoms with Gasteiger partial charge in [-0.1, -0.05) is 6.92 Å². The Bertz CT molecular complexity index is 500. The SMILES string of the molecule is CCCNc1nccc(NCc2ccc(Br)s2)n1. The Morgan fingerprint density at radius 1 is 1.28 bits per heavy atom. The molecule has 0 amide bonds. The van der Waals surface area contributed by atoms with E-state index in [1.807, 2.05) is 6.07 Å². The van der Waals surface area contributed by atoms with Crippen molar-refractivity contribution in [2.24, 2.45) is 0 Å². The van der Waals surface area contributed by atoms with Crippen LogP contribution in [-0.2, 0) is 6.54 Å². The highest BCUT2D eigenvalue weighted by atomic mass is 79.9. The van der Waals surface area contributed by atoms with E-state index in [4.69, 9.17) is 0 Å². The predicted molar refractivity (Wildman–Crippen MR) is 80.2 cm³/mol. The highest BCUT2D eigenvalue weighted by Crippen LogP contribution is 2.22. The van der Waals surface area contributed by atoms with E-state index < -0.39 is 0 Å². The van der Waals surface area contributed by atoms with Crippen LogP contribution in [0.5, 0.6) is 0 Å². The average Bonchev–Trinajstić information content (AvgIpc) is 2.80. The van der Waals surface area contributed by atoms with Crippen LogP contribution < -0.4 is 10.6 Å². The van der Waals surface area contributed by atoms with Crippen molar-refractivity contribution in [3.63, 3.8) is 0 Å². The molecule has 2 heterocycles. The van der Waals surface area contributed by atoms with Gasteiger partial charge < -0.3 is 10.6 Å². The van der Waals surface area contributed by atoms with E-state index in [2.05, 4.69) is 55.6 Å². The van der Waals surface area contributed by atoms with Crippen LogP contribution in [0.25, 0.3) is 0 Å². The summed E-state index contributed by atoms with van der Waals surface area (Å²) in [6.45, 7) is 3.78. The number of aromatic nitrogens is 2. The number of anilines is 2. The summed E-state index contributed by atoms with van der Waals surface area (Å²) in [6.07, 6.45) is 2.82. The lowest BCUT2D eigenvalue weighted by Crippen LogP contribution is -2.06. The van der Waals surface area contributed by atoms with Crippen LogP contribution in [0.1, 0.15) is 18.2 Å². The monoisotopic (exact) mass is 326 g/mol. The first kappa shape index (κ1) is 13.3. The zero-order chi connectivity index (χ0) is 12.8. The van der Waals surface area contributed by atoms with Crippen molar-refractivity contribution >= 4 is 39.0 Å². The summed E-state index contributed by atoms with van der Waals surface area (Å²) in [7, 11) is 0. The summed E-state index contributed by atoms with van der Waals surface area (Å²) < 4.78 is 1.15. The molecule has 0 aliphatic rings. The van der Waals surface area contributed by atoms with Gasteiger partial charge in [-0.15, -0.1) is 11.3 Å². The Balaban J connectivity index is 1.92. The van der Waals surface area contributed by atoms with Gasteiger partial charge in [-0.3, -0.25) is 0 Å². The summed E-state index contributed by atoms with van der Waals surface area (Å²) in [5, 5.41) is 6.46. The van der Waals surface area contributed by atoms with Crippen molar-refractivity contribution in [2.45, 2.75) is 19.9 Å². The summed E-state index contributed by atoms with van der Waals surface area (Å²) >= 11 is 5.17. The molecule has 0 aliphatic heterocycles. The van der Waals surface area contributed by atoms with E-state index in [0.29, 0.717) is 5.95 Å². The molecule has 0 aliphatic carbocycles. The molecule has 0 bridgehead atoms. The van der Waals surface area contributed by atoms with E-state index >= 15 is 0 Å². The average molecular weight is 327 g/mol. The molecule has 2 aromatic rings. The molecule has 0 aromatic carbocycles. The molecular formula is C12H15BrN4S. The van der Waals surface area contributed by atoms with Gasteiger partial charge in [0, 0.05) is 17.6 Å². The number of nitrogens with one attached hydrogen (secondary N) is 2. The Hall–Kier alpha value is -1.14. The molecule has 96 valence electrons. The van der Waals surface area contributed by atoms with Gasteiger partial charge in [-0.2, -0.15) is 4.98 Å². The third-order valence-electron chi connectivity index (χ3n) is 2.26. The number of nitrogens with zero attached hydrogens (tertiary/aromatic N) is 2. The fourth-order valence-corrected chi connectivity index (χ4v) is 2.83. The van der Waals surface area contributed by atoms with Crippen molar-refractivity contribution in [1.82, 2.24) is 9.97 Å². The molecule has 0 fully saturated rings. The topological polar surface area (TPSA) is 49.8 Å². The molecule has 2 N–H and O–H groups in total. The molecule has 2 rings (SSSR count). The summed E-state index contributed by atoms with van der Waals surface area (Å²) in [5.74, 6) is 1.52. The minimum Gasteiger partial charge on any atom is -0.365 e. The molecule has 4 nitrogen and oxygen atoms in total. The van der Waals surface area contributed by atoms with E-state index in [0.717, 1.165) is 29.1 Å². The fraction of sp³-hybridized carbons (Fsp3) is 0.333. The molecule has 0 atom stereocenters. The van der Waals surface area contributed by atoms with E-state index in [1.165, 1.54) is 4.88 Å². The number of halogens is 1. The van der Waals surface area contributed by atoms with Gasteiger partial charge in [0.2, 0.25) is 5.95 Å². The van der Waals surface area contributed by atoms with Gasteiger partial charge in [0.05, 0.1) is 10.3 Å². The van der Waals surface area contributed by atoms with Crippen LogP contribution in [0.3, 0.4) is 0 Å². The van der Waals surface area contributed by atoms with Crippen molar-refractivity contribution in [3.8, 4) is 0 Å². The van der Waals surface area contributed by atoms with Gasteiger partial charge in [0.25, 0.3) is 0 Å². The first-order valence-electron chi connectivity index (χ1n) is 5.83. The third-order valence-corrected chi connectivity index (χ3v) is 3.88. The standard InChI is InChI=1S/C12H15BrN4S/c1-2-6-14-12-15-7-5-11(17-12)16-8-9-3-4-10(13)18-9/h3-5,7H,2,6,8H2,1H3,(H2,14,15,16,17). The number of hydrogen-bond acceptors (Lipinski definition) is 5. The fourth-order valence-electron chi connectivity index (χ4n) is 1.40. The summed E-state index contributed by atoms with van der Waals surface area (Å²) in [4.78, 5) is 9.83. The maximum Gasteiger partial charge on any atom is 0.224 e. The van der Waals surface area contributed by atoms with Crippen LogP contribution in [-0.4, -0.2) is 16.5 Å². The highest BCUT2D eigenvalue weighted by Gasteiger charge is 2.00. The third kappa shape index (κ3) is 3.96. The van der Waals surface area contributed by atoms with Gasteiger partial charge in [-0.25, -0.2) is 4.98 Å². The van der Waals surface area contributed by atoms with Crippen LogP contribution in [0, 0.1) is 0 Å². The molecule has 0 saturated heterocycles. The lowest BCUT2D eigenvalue weighted by atomic mass is 10.4. The lowest BCUT2D eigenvalue weighted by Gasteiger charge is -2.06. The first-order chi connectivity index (χ1) is 8.78. The molecule has 0 unspecified atom stereocenters. The maximum absolute atomic E-state index is 4.39. The quantitative estimate of drug-likeness (QED) is 0.849. The molecular weight excluding hydrogens is 312 g/mol. The zero-order valence-electron chi connectivity index (χ0n) is 10.1. The molecule has 0 saturated carbocycles. The van der Waals surface area contributed by atoms with Gasteiger partial charge in [0.15, 0.2) is 0 Å². The van der Waals surface area contributed by atoms with Crippen molar-refractivity contribution in [1.29, 1.82) is 0 Å². The summed E-state index contributed by atoms with van der Waals surface area (Å²) in [6, 6.07) is 6.02. The molecule has 6 heteroatoms. The van der Waals surface area contributed by atoms with Gasteiger partial charge in [-0.05, 0) is 40.5 Å². The first-order valence-corrected chi connectivity index (χ1v) is 7.44. The normalized spacial score (nSPS) is 10.3. The smallest absolute Gasteiger partial charge is 0.224 e. The number of rotatable bonds is 6. The number of thiophene rings is 1. The molecule has 0 radical (unpaired) electrons. The lowest BCUT2D eigenvalue weighted by molar-refractivity contribution is 0.950. The Morgan fingerprint density at radius 2 is 2.17 bits per heavy atom. The van der Waals surface area contributed by atoms with Crippen LogP contribution in [0.4, 0.5) is 11.8 Å². The van der Waals surface area contributed by atoms with Gasteiger partial charge in [0.1, 0.15) is 5.82 Å². The predicted octanol–water partition coefficient (Wildman–Crippen LogP) is 3.73. The second kappa shape index (κ2) is 6.70. The largest absolute Gasteiger partial charge is 0.365 e. The minimum atomic E-state index is 0.675. The van der Waals surface area contributed by atoms with Crippen molar-refractivity contribution in [3.05, 3.63) is 33.1 Å². The maximum atomic E-state index is 4.39. The van der Waals surface area contributed by atoms with Crippen molar-refractivity contribution in [2.75, 3.05) is 17.2 Å². The number of hydrogen-bond donors (Lipinski definition) is 2. The second-order valence-corrected chi connectivity index (χ2v) is 6.30. The van der Waals surface area contributed by atoms with Gasteiger partial charge >= 0.3 is 0 Å². The zero-order valence-corrected chi connectivity index (χ0v) is 12.5. The minimum absolute atomic E-state index is 0.675. The Labute approximate surface area is 119 Å². The van der Waals surface area contributed by atoms with Crippen molar-refractivity contribution < 1.29 is 0 Å². The Morgan fingerprint density at radius 3 is 2.89 bits per heavy atom.